The van der Waals surface area contributed by atoms with Gasteiger partial charge in [0.2, 0.25) is 0 Å². The van der Waals surface area contributed by atoms with Crippen molar-refractivity contribution in [2.24, 2.45) is 0 Å². The quantitative estimate of drug-likeness (QED) is 0.0278. The molecule has 1 aliphatic heterocycles. The van der Waals surface area contributed by atoms with Crippen LogP contribution >= 0.6 is 0 Å². The van der Waals surface area contributed by atoms with Crippen molar-refractivity contribution in [1.82, 2.24) is 0 Å². The van der Waals surface area contributed by atoms with Crippen molar-refractivity contribution >= 4 is 5.97 Å². The van der Waals surface area contributed by atoms with Gasteiger partial charge in [-0.2, -0.15) is 0 Å². The van der Waals surface area contributed by atoms with Gasteiger partial charge in [-0.3, -0.25) is 4.79 Å². The van der Waals surface area contributed by atoms with Crippen LogP contribution in [0.4, 0.5) is 0 Å². The molecule has 1 heterocycles. The second-order valence-electron chi connectivity index (χ2n) is 14.7. The molecule has 0 spiro atoms. The highest BCUT2D eigenvalue weighted by Gasteiger charge is 2.44. The van der Waals surface area contributed by atoms with Crippen LogP contribution in [-0.2, 0) is 23.7 Å². The minimum Gasteiger partial charge on any atom is -0.457 e. The van der Waals surface area contributed by atoms with Gasteiger partial charge in [-0.25, -0.2) is 0 Å². The summed E-state index contributed by atoms with van der Waals surface area (Å²) in [4.78, 5) is 12.8. The zero-order valence-corrected chi connectivity index (χ0v) is 35.1. The van der Waals surface area contributed by atoms with Crippen molar-refractivity contribution in [3.8, 4) is 0 Å². The molecule has 9 nitrogen and oxygen atoms in total. The number of hydrogen-bond donors (Lipinski definition) is 4. The lowest BCUT2D eigenvalue weighted by molar-refractivity contribution is -0.305. The minimum atomic E-state index is -1.54. The minimum absolute atomic E-state index is 0.127. The summed E-state index contributed by atoms with van der Waals surface area (Å²) in [6, 6.07) is 0. The van der Waals surface area contributed by atoms with Gasteiger partial charge in [0.15, 0.2) is 6.29 Å². The Kier molecular flexibility index (Phi) is 35.2. The molecule has 4 N–H and O–H groups in total. The molecule has 0 radical (unpaired) electrons. The lowest BCUT2D eigenvalue weighted by Gasteiger charge is -2.39. The summed E-state index contributed by atoms with van der Waals surface area (Å²) in [7, 11) is 0. The molecule has 0 bridgehead atoms. The first kappa shape index (κ1) is 51.6. The van der Waals surface area contributed by atoms with Gasteiger partial charge >= 0.3 is 5.97 Å². The second-order valence-corrected chi connectivity index (χ2v) is 14.7. The Morgan fingerprint density at radius 1 is 0.571 bits per heavy atom. The fourth-order valence-corrected chi connectivity index (χ4v) is 6.22. The maximum Gasteiger partial charge on any atom is 0.306 e. The Hall–Kier alpha value is -2.37. The van der Waals surface area contributed by atoms with Crippen molar-refractivity contribution in [3.05, 3.63) is 72.9 Å². The van der Waals surface area contributed by atoms with E-state index in [0.717, 1.165) is 96.3 Å². The maximum atomic E-state index is 12.8. The number of rotatable bonds is 36. The molecule has 1 saturated heterocycles. The third-order valence-corrected chi connectivity index (χ3v) is 9.62. The Morgan fingerprint density at radius 2 is 1.04 bits per heavy atom. The van der Waals surface area contributed by atoms with Crippen molar-refractivity contribution in [1.29, 1.82) is 0 Å². The number of esters is 1. The first-order valence-electron chi connectivity index (χ1n) is 22.0. The van der Waals surface area contributed by atoms with Crippen molar-refractivity contribution in [2.45, 2.75) is 192 Å². The monoisotopic (exact) mass is 789 g/mol. The molecule has 0 amide bonds. The predicted molar refractivity (Wildman–Crippen MR) is 228 cm³/mol. The molecule has 56 heavy (non-hydrogen) atoms. The molecule has 0 aromatic rings. The van der Waals surface area contributed by atoms with Crippen molar-refractivity contribution < 1.29 is 44.2 Å². The summed E-state index contributed by atoms with van der Waals surface area (Å²) >= 11 is 0. The first-order chi connectivity index (χ1) is 27.4. The number of hydrogen-bond acceptors (Lipinski definition) is 9. The van der Waals surface area contributed by atoms with E-state index >= 15 is 0 Å². The predicted octanol–water partition coefficient (Wildman–Crippen LogP) is 9.69. The molecule has 0 saturated carbocycles. The highest BCUT2D eigenvalue weighted by molar-refractivity contribution is 5.69. The SMILES string of the molecule is CC/C=C\C/C=C\C/C=C\CCCCCCCCCC(=O)OC(COCCCCCCCC/C=C\C/C=C\C/C=C\CC)COC1OC(CO)C(O)C(O)C1O. The summed E-state index contributed by atoms with van der Waals surface area (Å²) in [5.74, 6) is -0.332. The summed E-state index contributed by atoms with van der Waals surface area (Å²) in [6.45, 7) is 4.28. The molecule has 0 aliphatic carbocycles. The largest absolute Gasteiger partial charge is 0.457 e. The Bertz CT molecular complexity index is 1080. The van der Waals surface area contributed by atoms with Crippen LogP contribution in [0.15, 0.2) is 72.9 Å². The Balaban J connectivity index is 2.29. The Morgan fingerprint density at radius 3 is 1.55 bits per heavy atom. The normalized spacial score (nSPS) is 21.3. The highest BCUT2D eigenvalue weighted by Crippen LogP contribution is 2.22. The average molecular weight is 789 g/mol. The van der Waals surface area contributed by atoms with Crippen LogP contribution in [0.25, 0.3) is 0 Å². The van der Waals surface area contributed by atoms with Gasteiger partial charge in [0.25, 0.3) is 0 Å². The molecule has 0 aromatic carbocycles. The average Bonchev–Trinajstić information content (AvgIpc) is 3.20. The standard InChI is InChI=1S/C47H80O9/c1-3-5-7-9-11-13-15-17-19-21-22-24-26-28-30-32-34-36-43(49)55-41(40-54-47-46(52)45(51)44(50)42(38-48)56-47)39-53-37-35-33-31-29-27-25-23-20-18-16-14-12-10-8-6-4-2/h5-8,11-14,17-20,41-42,44-48,50-52H,3-4,9-10,15-16,21-40H2,1-2H3/b7-5-,8-6-,13-11-,14-12-,19-17-,20-18-. The van der Waals surface area contributed by atoms with E-state index in [1.165, 1.54) is 38.5 Å². The van der Waals surface area contributed by atoms with Crippen LogP contribution in [0.2, 0.25) is 0 Å². The molecule has 6 atom stereocenters. The number of aliphatic hydroxyl groups is 4. The third kappa shape index (κ3) is 28.9. The lowest BCUT2D eigenvalue weighted by atomic mass is 9.99. The van der Waals surface area contributed by atoms with Crippen molar-refractivity contribution in [2.75, 3.05) is 26.4 Å². The molecule has 0 aromatic heterocycles. The van der Waals surface area contributed by atoms with Gasteiger partial charge in [-0.1, -0.05) is 145 Å². The number of ether oxygens (including phenoxy) is 4. The topological polar surface area (TPSA) is 135 Å². The number of allylic oxidation sites excluding steroid dienone is 12. The van der Waals surface area contributed by atoms with E-state index in [0.29, 0.717) is 13.0 Å². The molecular weight excluding hydrogens is 709 g/mol. The van der Waals surface area contributed by atoms with E-state index in [-0.39, 0.29) is 19.2 Å². The highest BCUT2D eigenvalue weighted by atomic mass is 16.7. The van der Waals surface area contributed by atoms with Gasteiger partial charge in [0.1, 0.15) is 30.5 Å². The summed E-state index contributed by atoms with van der Waals surface area (Å²) in [6.07, 6.45) is 42.1. The second kappa shape index (κ2) is 38.2. The number of unbranched alkanes of at least 4 members (excludes halogenated alkanes) is 13. The summed E-state index contributed by atoms with van der Waals surface area (Å²) < 4.78 is 22.8. The van der Waals surface area contributed by atoms with E-state index in [9.17, 15) is 25.2 Å². The van der Waals surface area contributed by atoms with E-state index in [1.807, 2.05) is 0 Å². The molecule has 9 heteroatoms. The van der Waals surface area contributed by atoms with E-state index in [1.54, 1.807) is 0 Å². The zero-order valence-electron chi connectivity index (χ0n) is 35.1. The fourth-order valence-electron chi connectivity index (χ4n) is 6.22. The van der Waals surface area contributed by atoms with E-state index in [2.05, 4.69) is 86.8 Å². The molecule has 1 rings (SSSR count). The van der Waals surface area contributed by atoms with Crippen LogP contribution in [0.1, 0.15) is 155 Å². The van der Waals surface area contributed by atoms with E-state index < -0.39 is 43.4 Å². The smallest absolute Gasteiger partial charge is 0.306 e. The summed E-state index contributed by atoms with van der Waals surface area (Å²) in [5.41, 5.74) is 0. The van der Waals surface area contributed by atoms with Crippen molar-refractivity contribution in [3.63, 3.8) is 0 Å². The van der Waals surface area contributed by atoms with Gasteiger partial charge in [0, 0.05) is 13.0 Å². The van der Waals surface area contributed by atoms with Crippen LogP contribution in [0, 0.1) is 0 Å². The molecule has 1 fully saturated rings. The molecule has 322 valence electrons. The summed E-state index contributed by atoms with van der Waals surface area (Å²) in [5, 5.41) is 40.1. The third-order valence-electron chi connectivity index (χ3n) is 9.62. The van der Waals surface area contributed by atoms with Gasteiger partial charge < -0.3 is 39.4 Å². The number of carbonyl (C=O) groups is 1. The van der Waals surface area contributed by atoms with Crippen LogP contribution in [-0.4, -0.2) is 89.6 Å². The van der Waals surface area contributed by atoms with Crippen LogP contribution in [0.3, 0.4) is 0 Å². The van der Waals surface area contributed by atoms with E-state index in [4.69, 9.17) is 18.9 Å². The molecular formula is C47H80O9. The van der Waals surface area contributed by atoms with Gasteiger partial charge in [-0.05, 0) is 77.0 Å². The maximum absolute atomic E-state index is 12.8. The molecule has 1 aliphatic rings. The number of aliphatic hydroxyl groups excluding tert-OH is 4. The molecule has 6 unspecified atom stereocenters. The van der Waals surface area contributed by atoms with Crippen LogP contribution < -0.4 is 0 Å². The van der Waals surface area contributed by atoms with Crippen LogP contribution in [0.5, 0.6) is 0 Å². The Labute approximate surface area is 340 Å². The first-order valence-corrected chi connectivity index (χ1v) is 22.0. The van der Waals surface area contributed by atoms with Gasteiger partial charge in [0.05, 0.1) is 19.8 Å². The number of carbonyl (C=O) groups excluding carboxylic acids is 1. The van der Waals surface area contributed by atoms with Gasteiger partial charge in [-0.15, -0.1) is 0 Å². The zero-order chi connectivity index (χ0) is 40.7. The fraction of sp³-hybridized carbons (Fsp3) is 0.723. The lowest BCUT2D eigenvalue weighted by Crippen LogP contribution is -2.59.